The lowest BCUT2D eigenvalue weighted by atomic mass is 9.93. The first-order chi connectivity index (χ1) is 9.62. The number of rotatable bonds is 4. The van der Waals surface area contributed by atoms with E-state index in [4.69, 9.17) is 0 Å². The van der Waals surface area contributed by atoms with E-state index in [1.54, 1.807) is 11.3 Å². The molecule has 2 fully saturated rings. The molecule has 1 atom stereocenters. The van der Waals surface area contributed by atoms with Crippen molar-refractivity contribution in [2.75, 3.05) is 13.1 Å². The van der Waals surface area contributed by atoms with Crippen molar-refractivity contribution < 1.29 is 4.79 Å². The summed E-state index contributed by atoms with van der Waals surface area (Å²) in [5.41, 5.74) is 1.70. The maximum absolute atomic E-state index is 12.6. The fourth-order valence-electron chi connectivity index (χ4n) is 3.48. The summed E-state index contributed by atoms with van der Waals surface area (Å²) < 4.78 is 0. The normalized spacial score (nSPS) is 24.1. The first-order valence-electron chi connectivity index (χ1n) is 7.65. The molecule has 2 heterocycles. The van der Waals surface area contributed by atoms with E-state index in [0.717, 1.165) is 19.6 Å². The van der Waals surface area contributed by atoms with Gasteiger partial charge in [-0.25, -0.2) is 0 Å². The average Bonchev–Trinajstić information content (AvgIpc) is 2.89. The Hall–Kier alpha value is -0.870. The van der Waals surface area contributed by atoms with Gasteiger partial charge >= 0.3 is 0 Å². The molecule has 3 nitrogen and oxygen atoms in total. The van der Waals surface area contributed by atoms with E-state index < -0.39 is 0 Å². The maximum atomic E-state index is 12.6. The second-order valence-electron chi connectivity index (χ2n) is 6.58. The van der Waals surface area contributed by atoms with Crippen LogP contribution < -0.4 is 5.32 Å². The summed E-state index contributed by atoms with van der Waals surface area (Å²) in [4.78, 5) is 14.8. The third-order valence-electron chi connectivity index (χ3n) is 4.83. The molecule has 3 rings (SSSR count). The lowest BCUT2D eigenvalue weighted by Gasteiger charge is -2.30. The molecule has 1 aliphatic carbocycles. The van der Waals surface area contributed by atoms with Crippen molar-refractivity contribution in [3.05, 3.63) is 22.4 Å². The van der Waals surface area contributed by atoms with E-state index in [1.165, 1.54) is 24.8 Å². The molecular formula is C16H24N2OS. The van der Waals surface area contributed by atoms with Crippen LogP contribution in [0.15, 0.2) is 16.8 Å². The number of nitrogens with zero attached hydrogens (tertiary/aromatic N) is 1. The van der Waals surface area contributed by atoms with Crippen LogP contribution in [-0.4, -0.2) is 29.9 Å². The molecule has 1 aliphatic heterocycles. The molecule has 1 aromatic rings. The molecule has 1 saturated carbocycles. The van der Waals surface area contributed by atoms with E-state index in [-0.39, 0.29) is 5.92 Å². The van der Waals surface area contributed by atoms with Gasteiger partial charge in [0, 0.05) is 18.5 Å². The van der Waals surface area contributed by atoms with E-state index in [1.807, 2.05) is 13.8 Å². The van der Waals surface area contributed by atoms with E-state index in [0.29, 0.717) is 17.4 Å². The molecule has 110 valence electrons. The zero-order valence-corrected chi connectivity index (χ0v) is 13.2. The van der Waals surface area contributed by atoms with Crippen LogP contribution in [0.4, 0.5) is 0 Å². The Morgan fingerprint density at radius 2 is 2.25 bits per heavy atom. The first kappa shape index (κ1) is 14.1. The summed E-state index contributed by atoms with van der Waals surface area (Å²) in [5, 5.41) is 7.70. The van der Waals surface area contributed by atoms with Crippen molar-refractivity contribution in [3.8, 4) is 0 Å². The highest BCUT2D eigenvalue weighted by Gasteiger charge is 2.57. The van der Waals surface area contributed by atoms with E-state index in [9.17, 15) is 4.79 Å². The molecule has 0 bridgehead atoms. The molecule has 1 saturated heterocycles. The lowest BCUT2D eigenvalue weighted by molar-refractivity contribution is -0.136. The quantitative estimate of drug-likeness (QED) is 0.925. The Labute approximate surface area is 125 Å². The van der Waals surface area contributed by atoms with E-state index >= 15 is 0 Å². The molecular weight excluding hydrogens is 268 g/mol. The van der Waals surface area contributed by atoms with Crippen LogP contribution in [-0.2, 0) is 11.3 Å². The summed E-state index contributed by atoms with van der Waals surface area (Å²) in [6, 6.07) is 2.61. The number of carbonyl (C=O) groups excluding carboxylic acids is 1. The predicted molar refractivity (Wildman–Crippen MR) is 82.6 cm³/mol. The number of thiophene rings is 1. The molecule has 1 aromatic heterocycles. The van der Waals surface area contributed by atoms with Crippen molar-refractivity contribution in [1.29, 1.82) is 0 Å². The molecule has 1 unspecified atom stereocenters. The van der Waals surface area contributed by atoms with Gasteiger partial charge in [0.2, 0.25) is 5.91 Å². The number of amides is 1. The SMILES string of the molecule is CC(C)C(=O)N(Cc1ccsc1)C1CC12CCNCC2. The molecule has 1 spiro atoms. The zero-order chi connectivity index (χ0) is 14.2. The van der Waals surface area contributed by atoms with Gasteiger partial charge in [-0.1, -0.05) is 13.8 Å². The van der Waals surface area contributed by atoms with Gasteiger partial charge in [0.15, 0.2) is 0 Å². The Kier molecular flexibility index (Phi) is 3.87. The topological polar surface area (TPSA) is 32.3 Å². The molecule has 0 radical (unpaired) electrons. The van der Waals surface area contributed by atoms with Gasteiger partial charge in [-0.2, -0.15) is 11.3 Å². The fourth-order valence-corrected chi connectivity index (χ4v) is 4.14. The summed E-state index contributed by atoms with van der Waals surface area (Å²) in [7, 11) is 0. The first-order valence-corrected chi connectivity index (χ1v) is 8.59. The van der Waals surface area contributed by atoms with E-state index in [2.05, 4.69) is 27.0 Å². The number of hydrogen-bond acceptors (Lipinski definition) is 3. The minimum atomic E-state index is 0.0907. The zero-order valence-electron chi connectivity index (χ0n) is 12.4. The molecule has 4 heteroatoms. The van der Waals surface area contributed by atoms with Gasteiger partial charge in [-0.05, 0) is 60.2 Å². The van der Waals surface area contributed by atoms with Crippen molar-refractivity contribution in [2.45, 2.75) is 45.7 Å². The molecule has 20 heavy (non-hydrogen) atoms. The Morgan fingerprint density at radius 1 is 1.50 bits per heavy atom. The number of nitrogens with one attached hydrogen (secondary N) is 1. The fraction of sp³-hybridized carbons (Fsp3) is 0.688. The van der Waals surface area contributed by atoms with Crippen molar-refractivity contribution >= 4 is 17.2 Å². The molecule has 0 aromatic carbocycles. The van der Waals surface area contributed by atoms with Gasteiger partial charge in [0.1, 0.15) is 0 Å². The van der Waals surface area contributed by atoms with Crippen LogP contribution in [0.2, 0.25) is 0 Å². The summed E-state index contributed by atoms with van der Waals surface area (Å²) >= 11 is 1.71. The summed E-state index contributed by atoms with van der Waals surface area (Å²) in [6.07, 6.45) is 3.66. The summed E-state index contributed by atoms with van der Waals surface area (Å²) in [6.45, 7) is 7.04. The van der Waals surface area contributed by atoms with Gasteiger partial charge < -0.3 is 10.2 Å². The average molecular weight is 292 g/mol. The van der Waals surface area contributed by atoms with Crippen LogP contribution in [0.1, 0.15) is 38.7 Å². The maximum Gasteiger partial charge on any atom is 0.225 e. The van der Waals surface area contributed by atoms with Crippen LogP contribution in [0, 0.1) is 11.3 Å². The van der Waals surface area contributed by atoms with Gasteiger partial charge in [-0.15, -0.1) is 0 Å². The van der Waals surface area contributed by atoms with Crippen molar-refractivity contribution in [1.82, 2.24) is 10.2 Å². The number of carbonyl (C=O) groups is 1. The summed E-state index contributed by atoms with van der Waals surface area (Å²) in [5.74, 6) is 0.407. The highest BCUT2D eigenvalue weighted by Crippen LogP contribution is 2.56. The highest BCUT2D eigenvalue weighted by atomic mass is 32.1. The predicted octanol–water partition coefficient (Wildman–Crippen LogP) is 2.87. The monoisotopic (exact) mass is 292 g/mol. The van der Waals surface area contributed by atoms with Crippen LogP contribution in [0.5, 0.6) is 0 Å². The van der Waals surface area contributed by atoms with Gasteiger partial charge in [0.25, 0.3) is 0 Å². The Bertz CT molecular complexity index is 463. The second-order valence-corrected chi connectivity index (χ2v) is 7.36. The minimum Gasteiger partial charge on any atom is -0.335 e. The van der Waals surface area contributed by atoms with Crippen LogP contribution >= 0.6 is 11.3 Å². The highest BCUT2D eigenvalue weighted by molar-refractivity contribution is 7.07. The minimum absolute atomic E-state index is 0.0907. The molecule has 2 aliphatic rings. The Balaban J connectivity index is 1.74. The Morgan fingerprint density at radius 3 is 2.85 bits per heavy atom. The largest absolute Gasteiger partial charge is 0.335 e. The van der Waals surface area contributed by atoms with Gasteiger partial charge in [0.05, 0.1) is 0 Å². The molecule has 1 N–H and O–H groups in total. The molecule has 1 amide bonds. The van der Waals surface area contributed by atoms with Gasteiger partial charge in [-0.3, -0.25) is 4.79 Å². The van der Waals surface area contributed by atoms with Crippen LogP contribution in [0.3, 0.4) is 0 Å². The second kappa shape index (κ2) is 5.49. The third-order valence-corrected chi connectivity index (χ3v) is 5.56. The third kappa shape index (κ3) is 2.63. The number of piperidine rings is 1. The standard InChI is InChI=1S/C16H24N2OS/c1-12(2)15(19)18(10-13-3-8-20-11-13)14-9-16(14)4-6-17-7-5-16/h3,8,11-12,14,17H,4-7,9-10H2,1-2H3. The van der Waals surface area contributed by atoms with Crippen molar-refractivity contribution in [2.24, 2.45) is 11.3 Å². The van der Waals surface area contributed by atoms with Crippen molar-refractivity contribution in [3.63, 3.8) is 0 Å². The smallest absolute Gasteiger partial charge is 0.225 e. The number of hydrogen-bond donors (Lipinski definition) is 1. The van der Waals surface area contributed by atoms with Crippen LogP contribution in [0.25, 0.3) is 0 Å². The lowest BCUT2D eigenvalue weighted by Crippen LogP contribution is -2.40.